The fourth-order valence-electron chi connectivity index (χ4n) is 1.28. The van der Waals surface area contributed by atoms with Gasteiger partial charge in [0.2, 0.25) is 5.91 Å². The van der Waals surface area contributed by atoms with E-state index in [-0.39, 0.29) is 23.0 Å². The van der Waals surface area contributed by atoms with E-state index in [4.69, 9.17) is 0 Å². The van der Waals surface area contributed by atoms with Crippen molar-refractivity contribution in [3.8, 4) is 0 Å². The van der Waals surface area contributed by atoms with Crippen molar-refractivity contribution in [3.05, 3.63) is 60.2 Å². The van der Waals surface area contributed by atoms with E-state index >= 15 is 0 Å². The van der Waals surface area contributed by atoms with Crippen LogP contribution in [0.15, 0.2) is 54.6 Å². The number of carbonyl (C=O) groups is 1. The number of nitrogens with one attached hydrogen (secondary N) is 1. The number of carbonyl (C=O) groups excluding carboxylic acids is 1. The quantitative estimate of drug-likeness (QED) is 0.674. The second-order valence-corrected chi connectivity index (χ2v) is 3.49. The molecule has 0 unspecified atom stereocenters. The fraction of sp³-hybridized carbons (Fsp3) is 0.214. The van der Waals surface area contributed by atoms with Gasteiger partial charge < -0.3 is 5.32 Å². The summed E-state index contributed by atoms with van der Waals surface area (Å²) in [6.07, 6.45) is 0.923. The molecule has 1 N–H and O–H groups in total. The minimum Gasteiger partial charge on any atom is -0.356 e. The molecule has 3 heteroatoms. The molecular formula is C14H17FeNO. The second-order valence-electron chi connectivity index (χ2n) is 3.49. The van der Waals surface area contributed by atoms with Crippen LogP contribution in [-0.2, 0) is 28.3 Å². The van der Waals surface area contributed by atoms with Gasteiger partial charge in [-0.3, -0.25) is 4.79 Å². The Hall–Kier alpha value is -1.31. The molecule has 0 radical (unpaired) electrons. The first-order valence-corrected chi connectivity index (χ1v) is 5.41. The summed E-state index contributed by atoms with van der Waals surface area (Å²) in [6.45, 7) is 2.27. The van der Waals surface area contributed by atoms with Crippen LogP contribution in [0.25, 0.3) is 0 Å². The van der Waals surface area contributed by atoms with E-state index in [0.29, 0.717) is 0 Å². The van der Waals surface area contributed by atoms with Crippen molar-refractivity contribution in [2.75, 3.05) is 6.54 Å². The van der Waals surface area contributed by atoms with Gasteiger partial charge in [-0.2, -0.15) is 35.9 Å². The number of amides is 1. The van der Waals surface area contributed by atoms with Crippen molar-refractivity contribution in [3.63, 3.8) is 0 Å². The predicted molar refractivity (Wildman–Crippen MR) is 66.5 cm³/mol. The molecule has 2 aromatic rings. The monoisotopic (exact) mass is 271 g/mol. The van der Waals surface area contributed by atoms with Crippen molar-refractivity contribution < 1.29 is 21.9 Å². The molecule has 0 aliphatic heterocycles. The Labute approximate surface area is 113 Å². The molecular weight excluding hydrogens is 254 g/mol. The minimum absolute atomic E-state index is 0. The molecule has 0 heterocycles. The molecule has 0 saturated heterocycles. The second kappa shape index (κ2) is 9.88. The number of hydrogen-bond donors (Lipinski definition) is 1. The van der Waals surface area contributed by atoms with Crippen LogP contribution in [0.5, 0.6) is 0 Å². The molecule has 0 aliphatic carbocycles. The van der Waals surface area contributed by atoms with E-state index in [0.717, 1.165) is 13.0 Å². The van der Waals surface area contributed by atoms with E-state index < -0.39 is 0 Å². The van der Waals surface area contributed by atoms with Crippen LogP contribution in [0.2, 0.25) is 0 Å². The smallest absolute Gasteiger partial charge is 0.356 e. The van der Waals surface area contributed by atoms with Gasteiger partial charge >= 0.3 is 17.1 Å². The van der Waals surface area contributed by atoms with Crippen LogP contribution < -0.4 is 5.32 Å². The minimum atomic E-state index is 0. The summed E-state index contributed by atoms with van der Waals surface area (Å²) in [6, 6.07) is 18.1. The maximum Gasteiger partial charge on any atom is 2.00 e. The predicted octanol–water partition coefficient (Wildman–Crippen LogP) is 2.49. The fourth-order valence-corrected chi connectivity index (χ4v) is 1.28. The molecule has 2 rings (SSSR count). The van der Waals surface area contributed by atoms with E-state index in [1.54, 1.807) is 0 Å². The molecule has 92 valence electrons. The standard InChI is InChI=1S/C9H12NO.C5H5.Fe/c1-8(11)10-7-6-9-4-2-3-5-9;1-2-4-5-3-1;/h2-5H,6-7H2,1H3,(H,10,11);1-5H;/q2*-1;+2. The van der Waals surface area contributed by atoms with Gasteiger partial charge in [0.15, 0.2) is 0 Å². The number of rotatable bonds is 3. The zero-order valence-corrected chi connectivity index (χ0v) is 11.0. The van der Waals surface area contributed by atoms with Gasteiger partial charge in [0.25, 0.3) is 0 Å². The summed E-state index contributed by atoms with van der Waals surface area (Å²) in [5, 5.41) is 2.74. The molecule has 2 nitrogen and oxygen atoms in total. The number of hydrogen-bond acceptors (Lipinski definition) is 1. The third-order valence-electron chi connectivity index (χ3n) is 2.07. The molecule has 1 amide bonds. The first-order valence-electron chi connectivity index (χ1n) is 5.41. The van der Waals surface area contributed by atoms with Crippen molar-refractivity contribution in [2.24, 2.45) is 0 Å². The van der Waals surface area contributed by atoms with Crippen LogP contribution in [0.3, 0.4) is 0 Å². The van der Waals surface area contributed by atoms with Crippen LogP contribution in [-0.4, -0.2) is 12.5 Å². The molecule has 0 saturated carbocycles. The summed E-state index contributed by atoms with van der Waals surface area (Å²) in [5.74, 6) is 0.0385. The Morgan fingerprint density at radius 2 is 1.94 bits per heavy atom. The summed E-state index contributed by atoms with van der Waals surface area (Å²) < 4.78 is 0. The summed E-state index contributed by atoms with van der Waals surface area (Å²) in [4.78, 5) is 10.5. The van der Waals surface area contributed by atoms with Gasteiger partial charge in [-0.05, 0) is 6.42 Å². The average Bonchev–Trinajstić information content (AvgIpc) is 2.93. The van der Waals surface area contributed by atoms with Crippen LogP contribution >= 0.6 is 0 Å². The Kier molecular flexibility index (Phi) is 9.12. The zero-order chi connectivity index (χ0) is 11.6. The maximum absolute atomic E-state index is 10.5. The van der Waals surface area contributed by atoms with Gasteiger partial charge in [0.1, 0.15) is 0 Å². The van der Waals surface area contributed by atoms with Gasteiger partial charge in [0.05, 0.1) is 0 Å². The molecule has 2 aromatic carbocycles. The van der Waals surface area contributed by atoms with Crippen LogP contribution in [0.1, 0.15) is 12.5 Å². The molecule has 0 aromatic heterocycles. The third kappa shape index (κ3) is 8.49. The summed E-state index contributed by atoms with van der Waals surface area (Å²) in [5.41, 5.74) is 1.28. The Morgan fingerprint density at radius 3 is 2.35 bits per heavy atom. The van der Waals surface area contributed by atoms with Crippen molar-refractivity contribution in [2.45, 2.75) is 13.3 Å². The largest absolute Gasteiger partial charge is 2.00 e. The van der Waals surface area contributed by atoms with Gasteiger partial charge in [0, 0.05) is 13.5 Å². The Balaban J connectivity index is 0.000000360. The van der Waals surface area contributed by atoms with Crippen molar-refractivity contribution in [1.29, 1.82) is 0 Å². The summed E-state index contributed by atoms with van der Waals surface area (Å²) in [7, 11) is 0. The summed E-state index contributed by atoms with van der Waals surface area (Å²) >= 11 is 0. The average molecular weight is 271 g/mol. The van der Waals surface area contributed by atoms with E-state index in [1.165, 1.54) is 12.5 Å². The van der Waals surface area contributed by atoms with Crippen LogP contribution in [0.4, 0.5) is 0 Å². The maximum atomic E-state index is 10.5. The van der Waals surface area contributed by atoms with E-state index in [9.17, 15) is 4.79 Å². The molecule has 0 spiro atoms. The third-order valence-corrected chi connectivity index (χ3v) is 2.07. The Morgan fingerprint density at radius 1 is 1.24 bits per heavy atom. The van der Waals surface area contributed by atoms with E-state index in [1.807, 2.05) is 42.5 Å². The molecule has 0 fully saturated rings. The van der Waals surface area contributed by atoms with Gasteiger partial charge in [-0.15, -0.1) is 0 Å². The van der Waals surface area contributed by atoms with Crippen molar-refractivity contribution in [1.82, 2.24) is 5.32 Å². The van der Waals surface area contributed by atoms with Crippen molar-refractivity contribution >= 4 is 5.91 Å². The Bertz CT molecular complexity index is 348. The first-order chi connectivity index (χ1) is 7.79. The first kappa shape index (κ1) is 15.7. The van der Waals surface area contributed by atoms with Crippen LogP contribution in [0, 0.1) is 0 Å². The normalized spacial score (nSPS) is 8.53. The zero-order valence-electron chi connectivity index (χ0n) is 9.87. The topological polar surface area (TPSA) is 29.1 Å². The molecule has 17 heavy (non-hydrogen) atoms. The van der Waals surface area contributed by atoms with Gasteiger partial charge in [-0.25, -0.2) is 24.3 Å². The molecule has 0 bridgehead atoms. The molecule has 0 aliphatic rings. The SMILES string of the molecule is CC(=O)NCCc1ccc[cH-]1.[Fe+2].c1cc[cH-]c1. The van der Waals surface area contributed by atoms with E-state index in [2.05, 4.69) is 17.4 Å². The van der Waals surface area contributed by atoms with Gasteiger partial charge in [-0.1, -0.05) is 0 Å². The molecule has 0 atom stereocenters.